The molecule has 0 spiro atoms. The number of nitrogens with zero attached hydrogens (tertiary/aromatic N) is 2. The molecule has 0 saturated carbocycles. The van der Waals surface area contributed by atoms with E-state index in [2.05, 4.69) is 37.7 Å². The molecule has 0 aliphatic carbocycles. The molecule has 0 atom stereocenters. The van der Waals surface area contributed by atoms with E-state index in [-0.39, 0.29) is 5.91 Å². The summed E-state index contributed by atoms with van der Waals surface area (Å²) in [7, 11) is 0. The number of hydrogen-bond acceptors (Lipinski definition) is 3. The van der Waals surface area contributed by atoms with E-state index >= 15 is 0 Å². The number of carbonyl (C=O) groups is 1. The van der Waals surface area contributed by atoms with Crippen LogP contribution >= 0.6 is 0 Å². The molecule has 1 N–H and O–H groups in total. The molecule has 0 aromatic heterocycles. The monoisotopic (exact) mass is 241 g/mol. The highest BCUT2D eigenvalue weighted by Crippen LogP contribution is 2.02. The zero-order chi connectivity index (χ0) is 13.1. The van der Waals surface area contributed by atoms with E-state index in [0.717, 1.165) is 32.6 Å². The summed E-state index contributed by atoms with van der Waals surface area (Å²) < 4.78 is 0. The highest BCUT2D eigenvalue weighted by Gasteiger charge is 2.17. The van der Waals surface area contributed by atoms with Crippen LogP contribution in [0.25, 0.3) is 0 Å². The van der Waals surface area contributed by atoms with Crippen LogP contribution < -0.4 is 5.32 Å². The van der Waals surface area contributed by atoms with Crippen molar-refractivity contribution >= 4 is 5.91 Å². The average molecular weight is 241 g/mol. The highest BCUT2D eigenvalue weighted by molar-refractivity contribution is 5.75. The van der Waals surface area contributed by atoms with Gasteiger partial charge in [-0.25, -0.2) is 5.01 Å². The first-order valence-corrected chi connectivity index (χ1v) is 6.57. The zero-order valence-corrected chi connectivity index (χ0v) is 11.5. The lowest BCUT2D eigenvalue weighted by Gasteiger charge is -2.33. The predicted molar refractivity (Wildman–Crippen MR) is 72.6 cm³/mol. The van der Waals surface area contributed by atoms with Crippen molar-refractivity contribution in [3.8, 4) is 0 Å². The van der Waals surface area contributed by atoms with Crippen LogP contribution in [-0.2, 0) is 4.79 Å². The van der Waals surface area contributed by atoms with Gasteiger partial charge in [0.05, 0.1) is 0 Å². The van der Waals surface area contributed by atoms with Crippen LogP contribution in [0, 0.1) is 0 Å². The Bertz CT molecular complexity index is 215. The number of amides is 1. The summed E-state index contributed by atoms with van der Waals surface area (Å²) in [5.41, 5.74) is 0. The molecule has 0 bridgehead atoms. The van der Waals surface area contributed by atoms with Crippen molar-refractivity contribution in [2.45, 2.75) is 33.6 Å². The first kappa shape index (κ1) is 16.1. The Morgan fingerprint density at radius 3 is 2.41 bits per heavy atom. The molecule has 0 heterocycles. The van der Waals surface area contributed by atoms with Gasteiger partial charge in [-0.2, -0.15) is 0 Å². The lowest BCUT2D eigenvalue weighted by Crippen LogP contribution is -2.47. The molecule has 100 valence electrons. The van der Waals surface area contributed by atoms with Crippen LogP contribution in [0.5, 0.6) is 0 Å². The van der Waals surface area contributed by atoms with Crippen molar-refractivity contribution in [1.29, 1.82) is 0 Å². The van der Waals surface area contributed by atoms with E-state index in [9.17, 15) is 4.79 Å². The van der Waals surface area contributed by atoms with Gasteiger partial charge in [0.2, 0.25) is 5.91 Å². The fraction of sp³-hybridized carbons (Fsp3) is 0.769. The molecule has 17 heavy (non-hydrogen) atoms. The third-order valence-electron chi connectivity index (χ3n) is 2.60. The summed E-state index contributed by atoms with van der Waals surface area (Å²) in [6, 6.07) is 0. The first-order chi connectivity index (χ1) is 8.21. The highest BCUT2D eigenvalue weighted by atomic mass is 16.2. The molecule has 0 aromatic rings. The van der Waals surface area contributed by atoms with Crippen molar-refractivity contribution in [1.82, 2.24) is 15.3 Å². The van der Waals surface area contributed by atoms with Gasteiger partial charge in [0.15, 0.2) is 0 Å². The Morgan fingerprint density at radius 1 is 1.29 bits per heavy atom. The van der Waals surface area contributed by atoms with Crippen molar-refractivity contribution in [2.24, 2.45) is 0 Å². The van der Waals surface area contributed by atoms with Gasteiger partial charge in [0, 0.05) is 39.1 Å². The molecule has 0 aliphatic rings. The summed E-state index contributed by atoms with van der Waals surface area (Å²) >= 11 is 0. The second-order valence-electron chi connectivity index (χ2n) is 3.90. The summed E-state index contributed by atoms with van der Waals surface area (Å²) in [5.74, 6) is 0.201. The van der Waals surface area contributed by atoms with Crippen molar-refractivity contribution in [3.05, 3.63) is 12.7 Å². The van der Waals surface area contributed by atoms with Gasteiger partial charge in [-0.05, 0) is 6.42 Å². The van der Waals surface area contributed by atoms with Gasteiger partial charge in [0.1, 0.15) is 0 Å². The molecular weight excluding hydrogens is 214 g/mol. The van der Waals surface area contributed by atoms with Crippen LogP contribution in [0.4, 0.5) is 0 Å². The predicted octanol–water partition coefficient (Wildman–Crippen LogP) is 1.65. The number of carbonyl (C=O) groups excluding carboxylic acids is 1. The van der Waals surface area contributed by atoms with E-state index in [1.807, 2.05) is 5.01 Å². The van der Waals surface area contributed by atoms with Crippen LogP contribution in [0.15, 0.2) is 12.7 Å². The van der Waals surface area contributed by atoms with Gasteiger partial charge >= 0.3 is 0 Å². The van der Waals surface area contributed by atoms with E-state index in [4.69, 9.17) is 0 Å². The third-order valence-corrected chi connectivity index (χ3v) is 2.60. The Labute approximate surface area is 106 Å². The molecule has 0 aromatic carbocycles. The molecule has 1 amide bonds. The molecule has 0 rings (SSSR count). The maximum absolute atomic E-state index is 12.1. The Balaban J connectivity index is 4.17. The maximum atomic E-state index is 12.1. The molecule has 0 saturated heterocycles. The number of rotatable bonds is 10. The second kappa shape index (κ2) is 10.3. The Kier molecular flexibility index (Phi) is 9.77. The first-order valence-electron chi connectivity index (χ1n) is 6.57. The van der Waals surface area contributed by atoms with Crippen molar-refractivity contribution in [3.63, 3.8) is 0 Å². The molecular formula is C13H27N3O. The van der Waals surface area contributed by atoms with E-state index in [0.29, 0.717) is 13.0 Å². The summed E-state index contributed by atoms with van der Waals surface area (Å²) in [6.45, 7) is 13.9. The van der Waals surface area contributed by atoms with Gasteiger partial charge in [-0.1, -0.05) is 26.8 Å². The fourth-order valence-corrected chi connectivity index (χ4v) is 1.73. The van der Waals surface area contributed by atoms with Gasteiger partial charge in [-0.15, -0.1) is 6.58 Å². The van der Waals surface area contributed by atoms with Crippen LogP contribution in [-0.4, -0.2) is 48.6 Å². The van der Waals surface area contributed by atoms with Crippen LogP contribution in [0.1, 0.15) is 33.6 Å². The largest absolute Gasteiger partial charge is 0.313 e. The molecule has 0 fully saturated rings. The van der Waals surface area contributed by atoms with E-state index in [1.54, 1.807) is 6.08 Å². The van der Waals surface area contributed by atoms with Gasteiger partial charge in [-0.3, -0.25) is 9.80 Å². The molecule has 4 nitrogen and oxygen atoms in total. The Hall–Kier alpha value is -0.870. The molecule has 4 heteroatoms. The van der Waals surface area contributed by atoms with E-state index in [1.165, 1.54) is 0 Å². The SMILES string of the molecule is C=CCNCCC(=O)N(CCC)N(CC)CC. The Morgan fingerprint density at radius 2 is 1.94 bits per heavy atom. The van der Waals surface area contributed by atoms with Crippen LogP contribution in [0.2, 0.25) is 0 Å². The smallest absolute Gasteiger partial charge is 0.238 e. The third kappa shape index (κ3) is 6.44. The van der Waals surface area contributed by atoms with Crippen LogP contribution in [0.3, 0.4) is 0 Å². The van der Waals surface area contributed by atoms with E-state index < -0.39 is 0 Å². The zero-order valence-electron chi connectivity index (χ0n) is 11.5. The molecule has 0 radical (unpaired) electrons. The van der Waals surface area contributed by atoms with Gasteiger partial charge in [0.25, 0.3) is 0 Å². The molecule has 0 aliphatic heterocycles. The molecule has 0 unspecified atom stereocenters. The average Bonchev–Trinajstić information content (AvgIpc) is 2.34. The standard InChI is InChI=1S/C13H27N3O/c1-5-10-14-11-9-13(17)16(12-6-2)15(7-3)8-4/h5,14H,1,6-12H2,2-4H3. The van der Waals surface area contributed by atoms with Crippen molar-refractivity contribution in [2.75, 3.05) is 32.7 Å². The number of hydrogen-bond donors (Lipinski definition) is 1. The summed E-state index contributed by atoms with van der Waals surface area (Å²) in [6.07, 6.45) is 3.34. The minimum Gasteiger partial charge on any atom is -0.313 e. The quantitative estimate of drug-likeness (QED) is 0.359. The summed E-state index contributed by atoms with van der Waals surface area (Å²) in [5, 5.41) is 7.13. The summed E-state index contributed by atoms with van der Waals surface area (Å²) in [4.78, 5) is 12.1. The normalized spacial score (nSPS) is 10.6. The fourth-order valence-electron chi connectivity index (χ4n) is 1.73. The maximum Gasteiger partial charge on any atom is 0.238 e. The number of hydrazine groups is 1. The van der Waals surface area contributed by atoms with Crippen molar-refractivity contribution < 1.29 is 4.79 Å². The topological polar surface area (TPSA) is 35.6 Å². The van der Waals surface area contributed by atoms with Gasteiger partial charge < -0.3 is 5.32 Å². The lowest BCUT2D eigenvalue weighted by molar-refractivity contribution is -0.148. The minimum absolute atomic E-state index is 0.201. The number of nitrogens with one attached hydrogen (secondary N) is 1. The lowest BCUT2D eigenvalue weighted by atomic mass is 10.3. The minimum atomic E-state index is 0.201. The second-order valence-corrected chi connectivity index (χ2v) is 3.90.